The van der Waals surface area contributed by atoms with Crippen LogP contribution in [0.4, 0.5) is 5.69 Å². The zero-order chi connectivity index (χ0) is 21.6. The second-order valence-electron chi connectivity index (χ2n) is 7.89. The second-order valence-corrected chi connectivity index (χ2v) is 7.89. The Morgan fingerprint density at radius 2 is 1.87 bits per heavy atom. The van der Waals surface area contributed by atoms with Crippen molar-refractivity contribution in [3.63, 3.8) is 0 Å². The van der Waals surface area contributed by atoms with Gasteiger partial charge in [0.1, 0.15) is 0 Å². The first-order valence-corrected chi connectivity index (χ1v) is 10.6. The van der Waals surface area contributed by atoms with Gasteiger partial charge in [-0.1, -0.05) is 42.5 Å². The Morgan fingerprint density at radius 1 is 1.06 bits per heavy atom. The molecular weight excluding hydrogens is 388 g/mol. The largest absolute Gasteiger partial charge is 0.342 e. The van der Waals surface area contributed by atoms with Crippen LogP contribution < -0.4 is 5.32 Å². The predicted octanol–water partition coefficient (Wildman–Crippen LogP) is 4.05. The van der Waals surface area contributed by atoms with E-state index >= 15 is 0 Å². The van der Waals surface area contributed by atoms with E-state index in [9.17, 15) is 9.59 Å². The molecule has 0 unspecified atom stereocenters. The zero-order valence-electron chi connectivity index (χ0n) is 17.6. The van der Waals surface area contributed by atoms with Gasteiger partial charge in [0.05, 0.1) is 17.8 Å². The molecule has 0 saturated carbocycles. The monoisotopic (exact) mass is 414 g/mol. The molecule has 31 heavy (non-hydrogen) atoms. The molecule has 6 heteroatoms. The fourth-order valence-electron chi connectivity index (χ4n) is 4.13. The van der Waals surface area contributed by atoms with E-state index in [1.54, 1.807) is 12.4 Å². The first-order chi connectivity index (χ1) is 15.1. The highest BCUT2D eigenvalue weighted by molar-refractivity contribution is 5.89. The molecule has 0 bridgehead atoms. The number of carbonyl (C=O) groups excluding carboxylic acids is 2. The van der Waals surface area contributed by atoms with Gasteiger partial charge < -0.3 is 10.2 Å². The van der Waals surface area contributed by atoms with Gasteiger partial charge >= 0.3 is 0 Å². The van der Waals surface area contributed by atoms with Gasteiger partial charge in [0, 0.05) is 49.6 Å². The van der Waals surface area contributed by atoms with E-state index in [0.717, 1.165) is 47.6 Å². The second kappa shape index (κ2) is 9.51. The molecule has 0 spiro atoms. The lowest BCUT2D eigenvalue weighted by molar-refractivity contribution is -0.131. The maximum Gasteiger partial charge on any atom is 0.227 e. The Hall–Kier alpha value is -3.54. The molecular formula is C25H26N4O2. The summed E-state index contributed by atoms with van der Waals surface area (Å²) in [5.74, 6) is 0.159. The molecule has 1 fully saturated rings. The molecule has 3 aromatic rings. The number of likely N-dealkylation sites (tertiary alicyclic amines) is 1. The van der Waals surface area contributed by atoms with Crippen molar-refractivity contribution in [1.29, 1.82) is 0 Å². The SMILES string of the molecule is CC(=O)Nc1cccc(-c2nccnc2[C@H]2CCCN(C(=O)Cc3ccccc3)C2)c1. The van der Waals surface area contributed by atoms with Crippen molar-refractivity contribution < 1.29 is 9.59 Å². The Morgan fingerprint density at radius 3 is 2.68 bits per heavy atom. The summed E-state index contributed by atoms with van der Waals surface area (Å²) in [7, 11) is 0. The summed E-state index contributed by atoms with van der Waals surface area (Å²) in [5, 5.41) is 2.82. The van der Waals surface area contributed by atoms with Crippen LogP contribution in [0.25, 0.3) is 11.3 Å². The summed E-state index contributed by atoms with van der Waals surface area (Å²) in [5.41, 5.74) is 4.37. The molecule has 1 atom stereocenters. The first-order valence-electron chi connectivity index (χ1n) is 10.6. The average Bonchev–Trinajstić information content (AvgIpc) is 2.79. The lowest BCUT2D eigenvalue weighted by Crippen LogP contribution is -2.40. The van der Waals surface area contributed by atoms with Crippen LogP contribution in [0.3, 0.4) is 0 Å². The number of aromatic nitrogens is 2. The van der Waals surface area contributed by atoms with E-state index in [2.05, 4.69) is 15.3 Å². The van der Waals surface area contributed by atoms with Crippen LogP contribution in [-0.4, -0.2) is 39.8 Å². The molecule has 1 saturated heterocycles. The summed E-state index contributed by atoms with van der Waals surface area (Å²) < 4.78 is 0. The van der Waals surface area contributed by atoms with Crippen LogP contribution in [0.2, 0.25) is 0 Å². The Labute approximate surface area is 182 Å². The highest BCUT2D eigenvalue weighted by Gasteiger charge is 2.28. The fourth-order valence-corrected chi connectivity index (χ4v) is 4.13. The maximum absolute atomic E-state index is 12.9. The van der Waals surface area contributed by atoms with Crippen molar-refractivity contribution >= 4 is 17.5 Å². The van der Waals surface area contributed by atoms with Crippen molar-refractivity contribution in [2.45, 2.75) is 32.1 Å². The number of nitrogens with one attached hydrogen (secondary N) is 1. The number of benzene rings is 2. The minimum Gasteiger partial charge on any atom is -0.342 e. The molecule has 1 aliphatic heterocycles. The number of rotatable bonds is 5. The number of hydrogen-bond donors (Lipinski definition) is 1. The van der Waals surface area contributed by atoms with Gasteiger partial charge in [0.2, 0.25) is 11.8 Å². The predicted molar refractivity (Wildman–Crippen MR) is 120 cm³/mol. The van der Waals surface area contributed by atoms with E-state index in [1.165, 1.54) is 6.92 Å². The molecule has 6 nitrogen and oxygen atoms in total. The summed E-state index contributed by atoms with van der Waals surface area (Å²) in [4.78, 5) is 35.5. The summed E-state index contributed by atoms with van der Waals surface area (Å²) in [6.45, 7) is 2.90. The third kappa shape index (κ3) is 5.15. The van der Waals surface area contributed by atoms with Crippen LogP contribution in [0.15, 0.2) is 67.0 Å². The maximum atomic E-state index is 12.9. The van der Waals surface area contributed by atoms with E-state index in [1.807, 2.05) is 59.5 Å². The van der Waals surface area contributed by atoms with Gasteiger partial charge in [0.25, 0.3) is 0 Å². The number of anilines is 1. The molecule has 158 valence electrons. The molecule has 1 N–H and O–H groups in total. The van der Waals surface area contributed by atoms with Crippen LogP contribution in [-0.2, 0) is 16.0 Å². The summed E-state index contributed by atoms with van der Waals surface area (Å²) in [6.07, 6.45) is 5.71. The third-order valence-electron chi connectivity index (χ3n) is 5.54. The Balaban J connectivity index is 1.55. The van der Waals surface area contributed by atoms with Gasteiger partial charge in [-0.15, -0.1) is 0 Å². The number of piperidine rings is 1. The van der Waals surface area contributed by atoms with Crippen LogP contribution in [0.5, 0.6) is 0 Å². The van der Waals surface area contributed by atoms with Crippen molar-refractivity contribution in [3.8, 4) is 11.3 Å². The molecule has 0 radical (unpaired) electrons. The van der Waals surface area contributed by atoms with Gasteiger partial charge in [-0.05, 0) is 30.5 Å². The van der Waals surface area contributed by atoms with Gasteiger partial charge in [0.15, 0.2) is 0 Å². The van der Waals surface area contributed by atoms with Gasteiger partial charge in [-0.2, -0.15) is 0 Å². The molecule has 1 aromatic heterocycles. The van der Waals surface area contributed by atoms with E-state index in [4.69, 9.17) is 0 Å². The number of hydrogen-bond acceptors (Lipinski definition) is 4. The fraction of sp³-hybridized carbons (Fsp3) is 0.280. The Bertz CT molecular complexity index is 1070. The van der Waals surface area contributed by atoms with E-state index in [0.29, 0.717) is 13.0 Å². The average molecular weight is 415 g/mol. The molecule has 1 aliphatic rings. The van der Waals surface area contributed by atoms with Crippen LogP contribution in [0, 0.1) is 0 Å². The Kier molecular flexibility index (Phi) is 6.36. The number of carbonyl (C=O) groups is 2. The minimum absolute atomic E-state index is 0.114. The van der Waals surface area contributed by atoms with Crippen LogP contribution >= 0.6 is 0 Å². The summed E-state index contributed by atoms with van der Waals surface area (Å²) >= 11 is 0. The molecule has 0 aliphatic carbocycles. The molecule has 2 amide bonds. The van der Waals surface area contributed by atoms with Crippen molar-refractivity contribution in [1.82, 2.24) is 14.9 Å². The lowest BCUT2D eigenvalue weighted by atomic mass is 9.91. The van der Waals surface area contributed by atoms with Crippen LogP contribution in [0.1, 0.15) is 36.9 Å². The topological polar surface area (TPSA) is 75.2 Å². The highest BCUT2D eigenvalue weighted by atomic mass is 16.2. The lowest BCUT2D eigenvalue weighted by Gasteiger charge is -2.33. The molecule has 2 heterocycles. The summed E-state index contributed by atoms with van der Waals surface area (Å²) in [6, 6.07) is 17.5. The van der Waals surface area contributed by atoms with Crippen molar-refractivity contribution in [2.75, 3.05) is 18.4 Å². The third-order valence-corrected chi connectivity index (χ3v) is 5.54. The minimum atomic E-state index is -0.114. The standard InChI is InChI=1S/C25H26N4O2/c1-18(30)28-22-11-5-9-20(16-22)24-25(27-13-12-26-24)21-10-6-14-29(17-21)23(31)15-19-7-3-2-4-8-19/h2-5,7-9,11-13,16,21H,6,10,14-15,17H2,1H3,(H,28,30)/t21-/m0/s1. The van der Waals surface area contributed by atoms with Crippen molar-refractivity contribution in [3.05, 3.63) is 78.2 Å². The smallest absolute Gasteiger partial charge is 0.227 e. The number of nitrogens with zero attached hydrogens (tertiary/aromatic N) is 3. The van der Waals surface area contributed by atoms with Gasteiger partial charge in [-0.3, -0.25) is 19.6 Å². The normalized spacial score (nSPS) is 16.0. The number of amides is 2. The van der Waals surface area contributed by atoms with Crippen molar-refractivity contribution in [2.24, 2.45) is 0 Å². The highest BCUT2D eigenvalue weighted by Crippen LogP contribution is 2.32. The van der Waals surface area contributed by atoms with Gasteiger partial charge in [-0.25, -0.2) is 0 Å². The van der Waals surface area contributed by atoms with E-state index in [-0.39, 0.29) is 17.7 Å². The first kappa shape index (κ1) is 20.7. The van der Waals surface area contributed by atoms with E-state index < -0.39 is 0 Å². The quantitative estimate of drug-likeness (QED) is 0.683. The molecule has 4 rings (SSSR count). The molecule has 2 aromatic carbocycles. The zero-order valence-corrected chi connectivity index (χ0v) is 17.6.